The Morgan fingerprint density at radius 1 is 1.37 bits per heavy atom. The van der Waals surface area contributed by atoms with E-state index in [1.165, 1.54) is 13.2 Å². The van der Waals surface area contributed by atoms with E-state index >= 15 is 0 Å². The number of benzene rings is 1. The molecule has 0 spiro atoms. The summed E-state index contributed by atoms with van der Waals surface area (Å²) in [6.45, 7) is 3.58. The van der Waals surface area contributed by atoms with Gasteiger partial charge in [0.15, 0.2) is 0 Å². The number of carbonyl (C=O) groups is 2. The summed E-state index contributed by atoms with van der Waals surface area (Å²) in [6, 6.07) is 4.56. The van der Waals surface area contributed by atoms with Crippen LogP contribution < -0.4 is 5.32 Å². The number of carbonyl (C=O) groups excluding carboxylic acids is 2. The van der Waals surface area contributed by atoms with Gasteiger partial charge in [-0.1, -0.05) is 11.6 Å². The van der Waals surface area contributed by atoms with Crippen molar-refractivity contribution >= 4 is 29.2 Å². The van der Waals surface area contributed by atoms with Crippen LogP contribution in [-0.2, 0) is 14.3 Å². The average Bonchev–Trinajstić information content (AvgIpc) is 2.37. The zero-order chi connectivity index (χ0) is 14.4. The van der Waals surface area contributed by atoms with Crippen LogP contribution in [0.4, 0.5) is 5.69 Å². The average molecular weight is 286 g/mol. The smallest absolute Gasteiger partial charge is 0.340 e. The molecule has 0 unspecified atom stereocenters. The zero-order valence-corrected chi connectivity index (χ0v) is 11.8. The van der Waals surface area contributed by atoms with Crippen molar-refractivity contribution in [1.82, 2.24) is 0 Å². The van der Waals surface area contributed by atoms with Crippen LogP contribution in [0.25, 0.3) is 0 Å². The van der Waals surface area contributed by atoms with E-state index < -0.39 is 5.97 Å². The number of nitrogens with one attached hydrogen (secondary N) is 1. The third-order valence-electron chi connectivity index (χ3n) is 2.21. The van der Waals surface area contributed by atoms with E-state index in [0.717, 1.165) is 0 Å². The first-order valence-corrected chi connectivity index (χ1v) is 6.11. The monoisotopic (exact) mass is 285 g/mol. The molecule has 0 heterocycles. The number of halogens is 1. The van der Waals surface area contributed by atoms with Gasteiger partial charge >= 0.3 is 5.97 Å². The molecule has 0 radical (unpaired) electrons. The van der Waals surface area contributed by atoms with Gasteiger partial charge in [-0.25, -0.2) is 4.79 Å². The molecular formula is C13H16ClNO4. The molecule has 0 bridgehead atoms. The van der Waals surface area contributed by atoms with Crippen LogP contribution in [-0.4, -0.2) is 31.7 Å². The maximum Gasteiger partial charge on any atom is 0.340 e. The fourth-order valence-corrected chi connectivity index (χ4v) is 1.51. The van der Waals surface area contributed by atoms with Crippen LogP contribution in [0, 0.1) is 0 Å². The number of methoxy groups -OCH3 is 1. The van der Waals surface area contributed by atoms with Gasteiger partial charge in [-0.3, -0.25) is 4.79 Å². The van der Waals surface area contributed by atoms with Crippen molar-refractivity contribution in [2.45, 2.75) is 20.0 Å². The molecule has 0 saturated heterocycles. The van der Waals surface area contributed by atoms with E-state index in [1.807, 2.05) is 13.8 Å². The zero-order valence-electron chi connectivity index (χ0n) is 11.0. The van der Waals surface area contributed by atoms with Crippen molar-refractivity contribution in [2.75, 3.05) is 19.0 Å². The third kappa shape index (κ3) is 4.89. The summed E-state index contributed by atoms with van der Waals surface area (Å²) in [5.41, 5.74) is 0.543. The van der Waals surface area contributed by atoms with Gasteiger partial charge in [0.1, 0.15) is 6.61 Å². The molecule has 1 rings (SSSR count). The summed E-state index contributed by atoms with van der Waals surface area (Å²) in [5.74, 6) is -0.913. The number of hydrogen-bond acceptors (Lipinski definition) is 4. The lowest BCUT2D eigenvalue weighted by molar-refractivity contribution is -0.121. The van der Waals surface area contributed by atoms with Crippen molar-refractivity contribution in [3.8, 4) is 0 Å². The Kier molecular flexibility index (Phi) is 5.79. The summed E-state index contributed by atoms with van der Waals surface area (Å²) in [6.07, 6.45) is -0.0453. The first kappa shape index (κ1) is 15.5. The highest BCUT2D eigenvalue weighted by molar-refractivity contribution is 6.31. The highest BCUT2D eigenvalue weighted by atomic mass is 35.5. The molecule has 19 heavy (non-hydrogen) atoms. The Morgan fingerprint density at radius 2 is 2.05 bits per heavy atom. The Balaban J connectivity index is 2.82. The lowest BCUT2D eigenvalue weighted by Crippen LogP contribution is -2.22. The number of amides is 1. The highest BCUT2D eigenvalue weighted by Gasteiger charge is 2.14. The van der Waals surface area contributed by atoms with Gasteiger partial charge in [0.2, 0.25) is 5.91 Å². The highest BCUT2D eigenvalue weighted by Crippen LogP contribution is 2.21. The molecule has 1 aromatic carbocycles. The summed E-state index contributed by atoms with van der Waals surface area (Å²) in [7, 11) is 1.26. The van der Waals surface area contributed by atoms with Crippen LogP contribution in [0.15, 0.2) is 18.2 Å². The predicted molar refractivity (Wildman–Crippen MR) is 72.5 cm³/mol. The second-order valence-electron chi connectivity index (χ2n) is 4.09. The maximum absolute atomic E-state index is 11.6. The van der Waals surface area contributed by atoms with Gasteiger partial charge in [0.25, 0.3) is 0 Å². The third-order valence-corrected chi connectivity index (χ3v) is 2.44. The van der Waals surface area contributed by atoms with E-state index in [1.54, 1.807) is 12.1 Å². The molecule has 0 aliphatic rings. The van der Waals surface area contributed by atoms with Crippen molar-refractivity contribution in [3.05, 3.63) is 28.8 Å². The Hall–Kier alpha value is -1.59. The molecule has 0 aliphatic carbocycles. The summed E-state index contributed by atoms with van der Waals surface area (Å²) in [5, 5.41) is 2.97. The lowest BCUT2D eigenvalue weighted by atomic mass is 10.2. The number of anilines is 1. The van der Waals surface area contributed by atoms with Crippen LogP contribution in [0.5, 0.6) is 0 Å². The molecule has 0 saturated carbocycles. The van der Waals surface area contributed by atoms with Crippen LogP contribution in [0.2, 0.25) is 5.02 Å². The van der Waals surface area contributed by atoms with E-state index in [0.29, 0.717) is 10.7 Å². The Bertz CT molecular complexity index is 474. The minimum Gasteiger partial charge on any atom is -0.465 e. The molecule has 0 atom stereocenters. The molecule has 104 valence electrons. The molecular weight excluding hydrogens is 270 g/mol. The second-order valence-corrected chi connectivity index (χ2v) is 4.53. The Morgan fingerprint density at radius 3 is 2.63 bits per heavy atom. The van der Waals surface area contributed by atoms with Crippen LogP contribution in [0.3, 0.4) is 0 Å². The molecule has 6 heteroatoms. The number of rotatable bonds is 5. The first-order chi connectivity index (χ1) is 8.93. The van der Waals surface area contributed by atoms with Crippen LogP contribution >= 0.6 is 11.6 Å². The molecule has 1 N–H and O–H groups in total. The fraction of sp³-hybridized carbons (Fsp3) is 0.385. The summed E-state index contributed by atoms with van der Waals surface area (Å²) >= 11 is 5.81. The standard InChI is InChI=1S/C13H16ClNO4/c1-8(2)19-7-12(16)15-11-5-4-9(14)6-10(11)13(17)18-3/h4-6,8H,7H2,1-3H3,(H,15,16). The van der Waals surface area contributed by atoms with Gasteiger partial charge in [-0.15, -0.1) is 0 Å². The largest absolute Gasteiger partial charge is 0.465 e. The van der Waals surface area contributed by atoms with Gasteiger partial charge in [-0.2, -0.15) is 0 Å². The number of esters is 1. The maximum atomic E-state index is 11.6. The van der Waals surface area contributed by atoms with E-state index in [2.05, 4.69) is 10.1 Å². The number of ether oxygens (including phenoxy) is 2. The van der Waals surface area contributed by atoms with Crippen molar-refractivity contribution in [3.63, 3.8) is 0 Å². The van der Waals surface area contributed by atoms with Gasteiger partial charge in [0.05, 0.1) is 24.5 Å². The lowest BCUT2D eigenvalue weighted by Gasteiger charge is -2.11. The molecule has 0 aliphatic heterocycles. The van der Waals surface area contributed by atoms with Crippen LogP contribution in [0.1, 0.15) is 24.2 Å². The van der Waals surface area contributed by atoms with Gasteiger partial charge in [-0.05, 0) is 32.0 Å². The first-order valence-electron chi connectivity index (χ1n) is 5.73. The van der Waals surface area contributed by atoms with Gasteiger partial charge in [0, 0.05) is 5.02 Å². The van der Waals surface area contributed by atoms with Crippen molar-refractivity contribution in [2.24, 2.45) is 0 Å². The number of hydrogen-bond donors (Lipinski definition) is 1. The topological polar surface area (TPSA) is 64.6 Å². The van der Waals surface area contributed by atoms with Gasteiger partial charge < -0.3 is 14.8 Å². The molecule has 0 aromatic heterocycles. The molecule has 1 amide bonds. The summed E-state index contributed by atoms with van der Waals surface area (Å²) < 4.78 is 9.80. The normalized spacial score (nSPS) is 10.4. The van der Waals surface area contributed by atoms with E-state index in [-0.39, 0.29) is 24.2 Å². The van der Waals surface area contributed by atoms with E-state index in [9.17, 15) is 9.59 Å². The van der Waals surface area contributed by atoms with E-state index in [4.69, 9.17) is 16.3 Å². The minimum atomic E-state index is -0.567. The van der Waals surface area contributed by atoms with Crippen molar-refractivity contribution in [1.29, 1.82) is 0 Å². The quantitative estimate of drug-likeness (QED) is 0.844. The Labute approximate surface area is 116 Å². The summed E-state index contributed by atoms with van der Waals surface area (Å²) in [4.78, 5) is 23.2. The molecule has 5 nitrogen and oxygen atoms in total. The molecule has 0 fully saturated rings. The predicted octanol–water partition coefficient (Wildman–Crippen LogP) is 2.49. The SMILES string of the molecule is COC(=O)c1cc(Cl)ccc1NC(=O)COC(C)C. The van der Waals surface area contributed by atoms with Crippen molar-refractivity contribution < 1.29 is 19.1 Å². The molecule has 1 aromatic rings. The fourth-order valence-electron chi connectivity index (χ4n) is 1.33. The second kappa shape index (κ2) is 7.11. The minimum absolute atomic E-state index is 0.0453.